The number of nitrogens with zero attached hydrogens (tertiary/aromatic N) is 2. The largest absolute Gasteiger partial charge is 0.495 e. The molecule has 0 aliphatic rings. The number of ether oxygens (including phenoxy) is 1. The maximum atomic E-state index is 6.15. The van der Waals surface area contributed by atoms with E-state index >= 15 is 0 Å². The quantitative estimate of drug-likeness (QED) is 0.842. The van der Waals surface area contributed by atoms with Crippen molar-refractivity contribution in [3.8, 4) is 17.0 Å². The fourth-order valence-electron chi connectivity index (χ4n) is 1.77. The smallest absolute Gasteiger partial charge is 0.137 e. The van der Waals surface area contributed by atoms with E-state index in [0.717, 1.165) is 21.4 Å². The molecule has 0 aliphatic carbocycles. The van der Waals surface area contributed by atoms with Crippen molar-refractivity contribution in [2.24, 2.45) is 7.05 Å². The van der Waals surface area contributed by atoms with Crippen molar-refractivity contribution >= 4 is 27.5 Å². The first-order valence-electron chi connectivity index (χ1n) is 5.06. The van der Waals surface area contributed by atoms with Gasteiger partial charge in [0.05, 0.1) is 24.2 Å². The minimum absolute atomic E-state index is 0.598. The fourth-order valence-corrected chi connectivity index (χ4v) is 2.60. The van der Waals surface area contributed by atoms with E-state index in [0.29, 0.717) is 10.8 Å². The van der Waals surface area contributed by atoms with E-state index in [1.807, 2.05) is 30.7 Å². The van der Waals surface area contributed by atoms with Gasteiger partial charge in [0.25, 0.3) is 0 Å². The van der Waals surface area contributed by atoms with Crippen LogP contribution in [-0.4, -0.2) is 16.7 Å². The number of methoxy groups -OCH3 is 1. The third-order valence-corrected chi connectivity index (χ3v) is 3.52. The molecular weight excluding hydrogens is 304 g/mol. The molecule has 0 fully saturated rings. The molecule has 2 rings (SSSR count). The zero-order chi connectivity index (χ0) is 12.6. The first-order valence-corrected chi connectivity index (χ1v) is 6.23. The summed E-state index contributed by atoms with van der Waals surface area (Å²) in [6.07, 6.45) is 1.76. The minimum atomic E-state index is 0.598. The number of hydrogen-bond acceptors (Lipinski definition) is 2. The number of rotatable bonds is 2. The number of benzene rings is 1. The van der Waals surface area contributed by atoms with Gasteiger partial charge in [-0.3, -0.25) is 0 Å². The molecular formula is C12H12BrClN2O. The second-order valence-electron chi connectivity index (χ2n) is 3.80. The summed E-state index contributed by atoms with van der Waals surface area (Å²) in [4.78, 5) is 4.21. The fraction of sp³-hybridized carbons (Fsp3) is 0.250. The van der Waals surface area contributed by atoms with Crippen LogP contribution in [0.15, 0.2) is 23.1 Å². The Labute approximate surface area is 114 Å². The first-order chi connectivity index (χ1) is 8.04. The van der Waals surface area contributed by atoms with Gasteiger partial charge >= 0.3 is 0 Å². The summed E-state index contributed by atoms with van der Waals surface area (Å²) in [5.74, 6) is 0.686. The molecule has 90 valence electrons. The molecule has 5 heteroatoms. The van der Waals surface area contributed by atoms with E-state index in [2.05, 4.69) is 20.9 Å². The first kappa shape index (κ1) is 12.5. The van der Waals surface area contributed by atoms with E-state index in [-0.39, 0.29) is 0 Å². The summed E-state index contributed by atoms with van der Waals surface area (Å²) in [6.45, 7) is 2.02. The van der Waals surface area contributed by atoms with Gasteiger partial charge in [0.2, 0.25) is 0 Å². The highest BCUT2D eigenvalue weighted by Crippen LogP contribution is 2.35. The Kier molecular flexibility index (Phi) is 3.45. The van der Waals surface area contributed by atoms with Crippen LogP contribution in [0.25, 0.3) is 11.3 Å². The molecule has 0 N–H and O–H groups in total. The molecule has 1 heterocycles. The van der Waals surface area contributed by atoms with Crippen molar-refractivity contribution < 1.29 is 4.74 Å². The Morgan fingerprint density at radius 3 is 2.65 bits per heavy atom. The predicted molar refractivity (Wildman–Crippen MR) is 72.6 cm³/mol. The van der Waals surface area contributed by atoms with Crippen LogP contribution in [0.4, 0.5) is 0 Å². The SMILES string of the molecule is COc1cc(C)c(-c2c(Br)ncn2C)cc1Cl. The van der Waals surface area contributed by atoms with Gasteiger partial charge < -0.3 is 9.30 Å². The molecule has 0 aliphatic heterocycles. The van der Waals surface area contributed by atoms with Gasteiger partial charge in [-0.15, -0.1) is 0 Å². The van der Waals surface area contributed by atoms with Crippen LogP contribution < -0.4 is 4.74 Å². The van der Waals surface area contributed by atoms with Crippen LogP contribution in [0.5, 0.6) is 5.75 Å². The van der Waals surface area contributed by atoms with Crippen LogP contribution in [0, 0.1) is 6.92 Å². The number of aryl methyl sites for hydroxylation is 2. The average molecular weight is 316 g/mol. The predicted octanol–water partition coefficient (Wildman–Crippen LogP) is 3.82. The van der Waals surface area contributed by atoms with Crippen molar-refractivity contribution in [1.29, 1.82) is 0 Å². The van der Waals surface area contributed by atoms with Gasteiger partial charge in [-0.25, -0.2) is 4.98 Å². The van der Waals surface area contributed by atoms with E-state index < -0.39 is 0 Å². The van der Waals surface area contributed by atoms with Gasteiger partial charge in [-0.1, -0.05) is 11.6 Å². The number of imidazole rings is 1. The summed E-state index contributed by atoms with van der Waals surface area (Å²) in [5.41, 5.74) is 3.14. The Bertz CT molecular complexity index is 546. The van der Waals surface area contributed by atoms with Crippen molar-refractivity contribution in [2.75, 3.05) is 7.11 Å². The molecule has 2 aromatic rings. The Morgan fingerprint density at radius 2 is 2.12 bits per heavy atom. The normalized spacial score (nSPS) is 10.6. The summed E-state index contributed by atoms with van der Waals surface area (Å²) < 4.78 is 7.96. The van der Waals surface area contributed by atoms with Crippen molar-refractivity contribution in [2.45, 2.75) is 6.92 Å². The Morgan fingerprint density at radius 1 is 1.41 bits per heavy atom. The maximum absolute atomic E-state index is 6.15. The standard InChI is InChI=1S/C12H12BrClN2O/c1-7-4-10(17-3)9(14)5-8(7)11-12(13)15-6-16(11)2/h4-6H,1-3H3. The molecule has 0 atom stereocenters. The van der Waals surface area contributed by atoms with Crippen LogP contribution in [0.3, 0.4) is 0 Å². The van der Waals surface area contributed by atoms with E-state index in [1.165, 1.54) is 0 Å². The lowest BCUT2D eigenvalue weighted by molar-refractivity contribution is 0.415. The molecule has 0 unspecified atom stereocenters. The Balaban J connectivity index is 2.65. The molecule has 1 aromatic heterocycles. The van der Waals surface area contributed by atoms with Gasteiger partial charge in [0.1, 0.15) is 10.4 Å². The van der Waals surface area contributed by atoms with Gasteiger partial charge in [0.15, 0.2) is 0 Å². The van der Waals surface area contributed by atoms with Crippen LogP contribution in [0.2, 0.25) is 5.02 Å². The highest BCUT2D eigenvalue weighted by molar-refractivity contribution is 9.10. The van der Waals surface area contributed by atoms with Crippen LogP contribution in [-0.2, 0) is 7.05 Å². The van der Waals surface area contributed by atoms with Crippen molar-refractivity contribution in [3.63, 3.8) is 0 Å². The van der Waals surface area contributed by atoms with E-state index in [1.54, 1.807) is 13.4 Å². The molecule has 1 aromatic carbocycles. The summed E-state index contributed by atoms with van der Waals surface area (Å²) in [7, 11) is 3.56. The van der Waals surface area contributed by atoms with Crippen LogP contribution >= 0.6 is 27.5 Å². The molecule has 0 saturated carbocycles. The monoisotopic (exact) mass is 314 g/mol. The number of hydrogen-bond donors (Lipinski definition) is 0. The topological polar surface area (TPSA) is 27.1 Å². The second-order valence-corrected chi connectivity index (χ2v) is 4.95. The van der Waals surface area contributed by atoms with Gasteiger partial charge in [0, 0.05) is 12.6 Å². The Hall–Kier alpha value is -1.00. The molecule has 0 bridgehead atoms. The molecule has 3 nitrogen and oxygen atoms in total. The van der Waals surface area contributed by atoms with Gasteiger partial charge in [-0.2, -0.15) is 0 Å². The summed E-state index contributed by atoms with van der Waals surface area (Å²) in [5, 5.41) is 0.598. The molecule has 0 saturated heterocycles. The number of aromatic nitrogens is 2. The van der Waals surface area contributed by atoms with E-state index in [4.69, 9.17) is 16.3 Å². The zero-order valence-corrected chi connectivity index (χ0v) is 12.1. The molecule has 17 heavy (non-hydrogen) atoms. The molecule has 0 radical (unpaired) electrons. The third kappa shape index (κ3) is 2.19. The lowest BCUT2D eigenvalue weighted by Gasteiger charge is -2.11. The highest BCUT2D eigenvalue weighted by Gasteiger charge is 2.14. The highest BCUT2D eigenvalue weighted by atomic mass is 79.9. The van der Waals surface area contributed by atoms with Gasteiger partial charge in [-0.05, 0) is 40.5 Å². The van der Waals surface area contributed by atoms with Crippen molar-refractivity contribution in [3.05, 3.63) is 33.6 Å². The number of halogens is 2. The lowest BCUT2D eigenvalue weighted by Crippen LogP contribution is -1.94. The van der Waals surface area contributed by atoms with E-state index in [9.17, 15) is 0 Å². The molecule has 0 amide bonds. The minimum Gasteiger partial charge on any atom is -0.495 e. The third-order valence-electron chi connectivity index (χ3n) is 2.65. The zero-order valence-electron chi connectivity index (χ0n) is 9.79. The second kappa shape index (κ2) is 4.70. The summed E-state index contributed by atoms with van der Waals surface area (Å²) >= 11 is 9.59. The average Bonchev–Trinajstić information content (AvgIpc) is 2.62. The lowest BCUT2D eigenvalue weighted by atomic mass is 10.1. The molecule has 0 spiro atoms. The van der Waals surface area contributed by atoms with Crippen LogP contribution in [0.1, 0.15) is 5.56 Å². The van der Waals surface area contributed by atoms with Crippen molar-refractivity contribution in [1.82, 2.24) is 9.55 Å². The summed E-state index contributed by atoms with van der Waals surface area (Å²) in [6, 6.07) is 3.83. The maximum Gasteiger partial charge on any atom is 0.137 e.